The number of nitrogens with zero attached hydrogens (tertiary/aromatic N) is 2. The Hall–Kier alpha value is -1.92. The molecule has 0 atom stereocenters. The number of rotatable bonds is 4. The highest BCUT2D eigenvalue weighted by molar-refractivity contribution is 5.92. The molecule has 19 heavy (non-hydrogen) atoms. The fraction of sp³-hybridized carbons (Fsp3) is 0.333. The van der Waals surface area contributed by atoms with Crippen molar-refractivity contribution in [2.24, 2.45) is 7.05 Å². The van der Waals surface area contributed by atoms with Crippen molar-refractivity contribution in [3.63, 3.8) is 0 Å². The molecule has 0 aliphatic rings. The molecule has 1 aromatic heterocycles. The van der Waals surface area contributed by atoms with E-state index in [1.165, 1.54) is 4.68 Å². The Balaban J connectivity index is 2.35. The third kappa shape index (κ3) is 2.32. The van der Waals surface area contributed by atoms with Crippen molar-refractivity contribution in [1.82, 2.24) is 9.78 Å². The van der Waals surface area contributed by atoms with Crippen LogP contribution >= 0.6 is 0 Å². The molecule has 0 saturated carbocycles. The van der Waals surface area contributed by atoms with Crippen LogP contribution in [-0.2, 0) is 18.3 Å². The SMILES string of the molecule is Cn1nc(CC(=O)C(F)(F)C(F)F)c2ccccc21. The lowest BCUT2D eigenvalue weighted by atomic mass is 10.1. The number of hydrogen-bond acceptors (Lipinski definition) is 2. The van der Waals surface area contributed by atoms with Gasteiger partial charge >= 0.3 is 12.3 Å². The maximum Gasteiger partial charge on any atom is 0.364 e. The second-order valence-corrected chi connectivity index (χ2v) is 4.11. The first-order chi connectivity index (χ1) is 8.84. The number of alkyl halides is 4. The second kappa shape index (κ2) is 4.64. The molecule has 1 heterocycles. The van der Waals surface area contributed by atoms with Crippen LogP contribution in [0.1, 0.15) is 5.69 Å². The van der Waals surface area contributed by atoms with Crippen LogP contribution in [0.15, 0.2) is 24.3 Å². The van der Waals surface area contributed by atoms with Crippen molar-refractivity contribution in [3.05, 3.63) is 30.0 Å². The van der Waals surface area contributed by atoms with E-state index in [0.29, 0.717) is 10.9 Å². The molecule has 0 fully saturated rings. The number of carbonyl (C=O) groups excluding carboxylic acids is 1. The van der Waals surface area contributed by atoms with Gasteiger partial charge in [-0.2, -0.15) is 13.9 Å². The lowest BCUT2D eigenvalue weighted by molar-refractivity contribution is -0.166. The third-order valence-corrected chi connectivity index (χ3v) is 2.81. The zero-order valence-electron chi connectivity index (χ0n) is 9.91. The Labute approximate surface area is 105 Å². The number of carbonyl (C=O) groups is 1. The zero-order chi connectivity index (χ0) is 14.2. The van der Waals surface area contributed by atoms with Gasteiger partial charge in [-0.3, -0.25) is 9.48 Å². The first-order valence-corrected chi connectivity index (χ1v) is 5.44. The van der Waals surface area contributed by atoms with Crippen LogP contribution in [0.4, 0.5) is 17.6 Å². The van der Waals surface area contributed by atoms with Crippen LogP contribution in [0.5, 0.6) is 0 Å². The Bertz CT molecular complexity index is 621. The molecular formula is C12H10F4N2O. The summed E-state index contributed by atoms with van der Waals surface area (Å²) in [6.45, 7) is 0. The van der Waals surface area contributed by atoms with E-state index >= 15 is 0 Å². The predicted octanol–water partition coefficient (Wildman–Crippen LogP) is 2.59. The number of hydrogen-bond donors (Lipinski definition) is 0. The topological polar surface area (TPSA) is 34.9 Å². The van der Waals surface area contributed by atoms with Crippen LogP contribution in [0.3, 0.4) is 0 Å². The highest BCUT2D eigenvalue weighted by Crippen LogP contribution is 2.27. The summed E-state index contributed by atoms with van der Waals surface area (Å²) in [5.41, 5.74) is 0.717. The fourth-order valence-corrected chi connectivity index (χ4v) is 1.81. The van der Waals surface area contributed by atoms with Gasteiger partial charge in [0, 0.05) is 12.4 Å². The van der Waals surface area contributed by atoms with E-state index in [0.717, 1.165) is 0 Å². The van der Waals surface area contributed by atoms with E-state index in [1.807, 2.05) is 0 Å². The second-order valence-electron chi connectivity index (χ2n) is 4.11. The molecule has 0 saturated heterocycles. The summed E-state index contributed by atoms with van der Waals surface area (Å²) in [5.74, 6) is -6.47. The summed E-state index contributed by atoms with van der Waals surface area (Å²) >= 11 is 0. The molecule has 0 aliphatic heterocycles. The largest absolute Gasteiger partial charge is 0.364 e. The van der Waals surface area contributed by atoms with Crippen LogP contribution in [-0.4, -0.2) is 27.9 Å². The molecule has 0 amide bonds. The molecule has 1 aromatic carbocycles. The minimum atomic E-state index is -4.64. The molecule has 0 spiro atoms. The quantitative estimate of drug-likeness (QED) is 0.803. The molecule has 3 nitrogen and oxygen atoms in total. The molecule has 0 unspecified atom stereocenters. The van der Waals surface area contributed by atoms with Gasteiger partial charge in [0.25, 0.3) is 0 Å². The van der Waals surface area contributed by atoms with E-state index in [4.69, 9.17) is 0 Å². The molecule has 0 aliphatic carbocycles. The molecule has 2 rings (SSSR count). The Morgan fingerprint density at radius 2 is 2.00 bits per heavy atom. The van der Waals surface area contributed by atoms with Crippen LogP contribution in [0, 0.1) is 0 Å². The molecule has 2 aromatic rings. The fourth-order valence-electron chi connectivity index (χ4n) is 1.81. The number of benzene rings is 1. The predicted molar refractivity (Wildman–Crippen MR) is 60.4 cm³/mol. The van der Waals surface area contributed by atoms with Gasteiger partial charge in [-0.05, 0) is 6.07 Å². The molecule has 0 radical (unpaired) electrons. The minimum Gasteiger partial charge on any atom is -0.292 e. The third-order valence-electron chi connectivity index (χ3n) is 2.81. The number of fused-ring (bicyclic) bond motifs is 1. The molecular weight excluding hydrogens is 264 g/mol. The van der Waals surface area contributed by atoms with Gasteiger partial charge < -0.3 is 0 Å². The lowest BCUT2D eigenvalue weighted by Crippen LogP contribution is -2.37. The van der Waals surface area contributed by atoms with Crippen molar-refractivity contribution < 1.29 is 22.4 Å². The first kappa shape index (κ1) is 13.5. The summed E-state index contributed by atoms with van der Waals surface area (Å²) in [4.78, 5) is 11.2. The van der Waals surface area contributed by atoms with Gasteiger partial charge in [0.2, 0.25) is 5.78 Å². The Morgan fingerprint density at radius 1 is 1.37 bits per heavy atom. The van der Waals surface area contributed by atoms with E-state index < -0.39 is 24.6 Å². The highest BCUT2D eigenvalue weighted by atomic mass is 19.3. The molecule has 0 bridgehead atoms. The molecule has 102 valence electrons. The summed E-state index contributed by atoms with van der Waals surface area (Å²) in [6.07, 6.45) is -4.83. The maximum atomic E-state index is 12.9. The van der Waals surface area contributed by atoms with Gasteiger partial charge in [-0.15, -0.1) is 0 Å². The number of aromatic nitrogens is 2. The van der Waals surface area contributed by atoms with Crippen molar-refractivity contribution in [2.45, 2.75) is 18.8 Å². The average Bonchev–Trinajstić information content (AvgIpc) is 2.67. The van der Waals surface area contributed by atoms with Gasteiger partial charge in [0.1, 0.15) is 0 Å². The van der Waals surface area contributed by atoms with Crippen LogP contribution in [0.2, 0.25) is 0 Å². The van der Waals surface area contributed by atoms with Gasteiger partial charge in [0.05, 0.1) is 17.6 Å². The van der Waals surface area contributed by atoms with Crippen molar-refractivity contribution in [2.75, 3.05) is 0 Å². The maximum absolute atomic E-state index is 12.9. The zero-order valence-corrected chi connectivity index (χ0v) is 9.91. The van der Waals surface area contributed by atoms with Crippen molar-refractivity contribution in [3.8, 4) is 0 Å². The van der Waals surface area contributed by atoms with Gasteiger partial charge in [0.15, 0.2) is 0 Å². The van der Waals surface area contributed by atoms with E-state index in [2.05, 4.69) is 5.10 Å². The normalized spacial score (nSPS) is 12.3. The molecule has 7 heteroatoms. The van der Waals surface area contributed by atoms with Gasteiger partial charge in [-0.1, -0.05) is 18.2 Å². The smallest absolute Gasteiger partial charge is 0.292 e. The summed E-state index contributed by atoms with van der Waals surface area (Å²) in [5, 5.41) is 4.42. The summed E-state index contributed by atoms with van der Waals surface area (Å²) < 4.78 is 51.4. The van der Waals surface area contributed by atoms with Crippen molar-refractivity contribution >= 4 is 16.7 Å². The highest BCUT2D eigenvalue weighted by Gasteiger charge is 2.48. The Kier molecular flexibility index (Phi) is 3.30. The Morgan fingerprint density at radius 3 is 2.63 bits per heavy atom. The van der Waals surface area contributed by atoms with E-state index in [-0.39, 0.29) is 5.69 Å². The minimum absolute atomic E-state index is 0.0726. The number of halogens is 4. The monoisotopic (exact) mass is 274 g/mol. The number of aryl methyl sites for hydroxylation is 1. The van der Waals surface area contributed by atoms with Gasteiger partial charge in [-0.25, -0.2) is 8.78 Å². The van der Waals surface area contributed by atoms with E-state index in [1.54, 1.807) is 31.3 Å². The number of Topliss-reactive ketones (excluding diaryl/α,β-unsaturated/α-hetero) is 1. The van der Waals surface area contributed by atoms with Crippen LogP contribution < -0.4 is 0 Å². The average molecular weight is 274 g/mol. The summed E-state index contributed by atoms with van der Waals surface area (Å²) in [6, 6.07) is 6.68. The number of para-hydroxylation sites is 1. The van der Waals surface area contributed by atoms with Crippen LogP contribution in [0.25, 0.3) is 10.9 Å². The van der Waals surface area contributed by atoms with Crippen molar-refractivity contribution in [1.29, 1.82) is 0 Å². The van der Waals surface area contributed by atoms with E-state index in [9.17, 15) is 22.4 Å². The first-order valence-electron chi connectivity index (χ1n) is 5.44. The number of ketones is 1. The molecule has 0 N–H and O–H groups in total. The summed E-state index contributed by atoms with van der Waals surface area (Å²) in [7, 11) is 1.58. The lowest BCUT2D eigenvalue weighted by Gasteiger charge is -2.12. The standard InChI is InChI=1S/C12H10F4N2O/c1-18-9-5-3-2-4-7(9)8(17-18)6-10(19)12(15,16)11(13)14/h2-5,11H,6H2,1H3.